The van der Waals surface area contributed by atoms with Gasteiger partial charge in [-0.05, 0) is 24.7 Å². The molecule has 0 aromatic heterocycles. The molecule has 4 radical (unpaired) electrons. The van der Waals surface area contributed by atoms with Crippen LogP contribution in [0.5, 0.6) is 0 Å². The molecule has 0 saturated carbocycles. The summed E-state index contributed by atoms with van der Waals surface area (Å²) in [6.45, 7) is 8.65. The zero-order valence-corrected chi connectivity index (χ0v) is 10.0. The summed E-state index contributed by atoms with van der Waals surface area (Å²) in [6.07, 6.45) is 2.25. The second-order valence-corrected chi connectivity index (χ2v) is 5.55. The molecule has 12 heavy (non-hydrogen) atoms. The fraction of sp³-hybridized carbons (Fsp3) is 0.600. The van der Waals surface area contributed by atoms with Crippen molar-refractivity contribution in [1.82, 2.24) is 0 Å². The van der Waals surface area contributed by atoms with Crippen molar-refractivity contribution in [2.75, 3.05) is 0 Å². The fourth-order valence-electron chi connectivity index (χ4n) is 0.480. The second kappa shape index (κ2) is 8.31. The first-order chi connectivity index (χ1) is 5.63. The van der Waals surface area contributed by atoms with E-state index in [9.17, 15) is 0 Å². The molecule has 0 aliphatic heterocycles. The number of hydrogen-bond donors (Lipinski definition) is 0. The maximum absolute atomic E-state index is 2.25. The van der Waals surface area contributed by atoms with Gasteiger partial charge in [-0.1, -0.05) is 49.3 Å². The van der Waals surface area contributed by atoms with Crippen LogP contribution in [-0.2, 0) is 0 Å². The van der Waals surface area contributed by atoms with Crippen LogP contribution in [0.25, 0.3) is 0 Å². The number of rotatable bonds is 7. The molecule has 70 valence electrons. The predicted molar refractivity (Wildman–Crippen MR) is 62.2 cm³/mol. The minimum atomic E-state index is 1.13. The maximum Gasteiger partial charge on any atom is 0.0284 e. The van der Waals surface area contributed by atoms with Gasteiger partial charge in [-0.25, -0.2) is 0 Å². The zero-order valence-electron chi connectivity index (χ0n) is 8.39. The monoisotopic (exact) mass is 202 g/mol. The Morgan fingerprint density at radius 2 is 1.17 bits per heavy atom. The van der Waals surface area contributed by atoms with Crippen molar-refractivity contribution in [1.29, 1.82) is 0 Å². The molecule has 0 heterocycles. The van der Waals surface area contributed by atoms with E-state index >= 15 is 0 Å². The SMILES string of the molecule is C[C](C)C[CH]SS[CH]C[C](C)C. The van der Waals surface area contributed by atoms with E-state index in [0.717, 1.165) is 12.8 Å². The first-order valence-corrected chi connectivity index (χ1v) is 6.44. The van der Waals surface area contributed by atoms with Crippen molar-refractivity contribution in [3.8, 4) is 0 Å². The molecular weight excluding hydrogens is 184 g/mol. The summed E-state index contributed by atoms with van der Waals surface area (Å²) in [5.74, 6) is 7.45. The predicted octanol–water partition coefficient (Wildman–Crippen LogP) is 4.70. The van der Waals surface area contributed by atoms with E-state index < -0.39 is 0 Å². The van der Waals surface area contributed by atoms with E-state index in [1.54, 1.807) is 0 Å². The summed E-state index contributed by atoms with van der Waals surface area (Å²) in [7, 11) is 3.65. The summed E-state index contributed by atoms with van der Waals surface area (Å²) in [5.41, 5.74) is 0. The molecule has 2 heteroatoms. The van der Waals surface area contributed by atoms with Crippen molar-refractivity contribution in [2.24, 2.45) is 0 Å². The Morgan fingerprint density at radius 1 is 0.833 bits per heavy atom. The molecule has 0 nitrogen and oxygen atoms in total. The fourth-order valence-corrected chi connectivity index (χ4v) is 2.32. The van der Waals surface area contributed by atoms with Gasteiger partial charge in [0.2, 0.25) is 0 Å². The minimum Gasteiger partial charge on any atom is -0.0892 e. The summed E-state index contributed by atoms with van der Waals surface area (Å²) < 4.78 is 0. The average molecular weight is 202 g/mol. The highest BCUT2D eigenvalue weighted by atomic mass is 33.1. The highest BCUT2D eigenvalue weighted by molar-refractivity contribution is 8.78. The number of hydrogen-bond acceptors (Lipinski definition) is 2. The highest BCUT2D eigenvalue weighted by Crippen LogP contribution is 2.32. The lowest BCUT2D eigenvalue weighted by Crippen LogP contribution is -1.82. The van der Waals surface area contributed by atoms with Crippen LogP contribution in [0, 0.1) is 23.3 Å². The quantitative estimate of drug-likeness (QED) is 0.433. The Hall–Kier alpha value is 0.700. The van der Waals surface area contributed by atoms with Crippen molar-refractivity contribution in [3.05, 3.63) is 23.3 Å². The Kier molecular flexibility index (Phi) is 8.79. The lowest BCUT2D eigenvalue weighted by atomic mass is 10.2. The van der Waals surface area contributed by atoms with Crippen molar-refractivity contribution in [3.63, 3.8) is 0 Å². The molecule has 0 rings (SSSR count). The Labute approximate surface area is 85.7 Å². The first kappa shape index (κ1) is 12.7. The summed E-state index contributed by atoms with van der Waals surface area (Å²) in [5, 5.41) is 0. The molecular formula is C10H18S2. The van der Waals surface area contributed by atoms with Crippen LogP contribution < -0.4 is 0 Å². The van der Waals surface area contributed by atoms with Gasteiger partial charge >= 0.3 is 0 Å². The third-order valence-corrected chi connectivity index (χ3v) is 3.04. The van der Waals surface area contributed by atoms with Gasteiger partial charge < -0.3 is 0 Å². The smallest absolute Gasteiger partial charge is 0.0284 e. The normalized spacial score (nSPS) is 11.5. The summed E-state index contributed by atoms with van der Waals surface area (Å²) >= 11 is 0. The average Bonchev–Trinajstić information content (AvgIpc) is 1.95. The van der Waals surface area contributed by atoms with Gasteiger partial charge in [-0.15, -0.1) is 0 Å². The Morgan fingerprint density at radius 3 is 1.42 bits per heavy atom. The van der Waals surface area contributed by atoms with Gasteiger partial charge in [0, 0.05) is 11.5 Å². The van der Waals surface area contributed by atoms with E-state index in [0.29, 0.717) is 0 Å². The molecule has 0 aromatic carbocycles. The molecule has 0 bridgehead atoms. The van der Waals surface area contributed by atoms with E-state index in [1.807, 2.05) is 21.6 Å². The van der Waals surface area contributed by atoms with Crippen molar-refractivity contribution >= 4 is 21.6 Å². The molecule has 0 spiro atoms. The zero-order chi connectivity index (χ0) is 9.40. The van der Waals surface area contributed by atoms with Crippen molar-refractivity contribution in [2.45, 2.75) is 40.5 Å². The van der Waals surface area contributed by atoms with Crippen LogP contribution in [0.2, 0.25) is 0 Å². The molecule has 0 aliphatic rings. The molecule has 0 amide bonds. The third kappa shape index (κ3) is 10.7. The molecule has 0 fully saturated rings. The van der Waals surface area contributed by atoms with E-state index in [-0.39, 0.29) is 0 Å². The van der Waals surface area contributed by atoms with E-state index in [2.05, 4.69) is 39.2 Å². The molecule has 0 aromatic rings. The van der Waals surface area contributed by atoms with Crippen LogP contribution in [0.4, 0.5) is 0 Å². The highest BCUT2D eigenvalue weighted by Gasteiger charge is 1.97. The van der Waals surface area contributed by atoms with Crippen LogP contribution in [0.1, 0.15) is 40.5 Å². The summed E-state index contributed by atoms with van der Waals surface area (Å²) in [4.78, 5) is 0. The van der Waals surface area contributed by atoms with E-state index in [4.69, 9.17) is 0 Å². The van der Waals surface area contributed by atoms with Crippen LogP contribution in [-0.4, -0.2) is 0 Å². The van der Waals surface area contributed by atoms with E-state index in [1.165, 1.54) is 11.8 Å². The Balaban J connectivity index is 2.91. The minimum absolute atomic E-state index is 1.13. The van der Waals surface area contributed by atoms with Crippen LogP contribution in [0.15, 0.2) is 0 Å². The van der Waals surface area contributed by atoms with Gasteiger partial charge in [0.05, 0.1) is 0 Å². The molecule has 0 unspecified atom stereocenters. The lowest BCUT2D eigenvalue weighted by molar-refractivity contribution is 0.978. The van der Waals surface area contributed by atoms with Gasteiger partial charge in [0.1, 0.15) is 0 Å². The second-order valence-electron chi connectivity index (χ2n) is 3.35. The third-order valence-electron chi connectivity index (χ3n) is 1.17. The largest absolute Gasteiger partial charge is 0.0892 e. The van der Waals surface area contributed by atoms with Gasteiger partial charge in [-0.3, -0.25) is 0 Å². The molecule has 0 atom stereocenters. The van der Waals surface area contributed by atoms with Gasteiger partial charge in [0.25, 0.3) is 0 Å². The molecule has 0 saturated heterocycles. The summed E-state index contributed by atoms with van der Waals surface area (Å²) in [6, 6.07) is 0. The molecule has 0 N–H and O–H groups in total. The topological polar surface area (TPSA) is 0 Å². The lowest BCUT2D eigenvalue weighted by Gasteiger charge is -2.03. The molecule has 0 aliphatic carbocycles. The van der Waals surface area contributed by atoms with Gasteiger partial charge in [0.15, 0.2) is 0 Å². The maximum atomic E-state index is 2.25. The first-order valence-electron chi connectivity index (χ1n) is 4.16. The van der Waals surface area contributed by atoms with Crippen LogP contribution >= 0.6 is 21.6 Å². The van der Waals surface area contributed by atoms with Crippen molar-refractivity contribution < 1.29 is 0 Å². The standard InChI is InChI=1S/C10H18S2/c1-9(2)5-7-11-12-8-6-10(3)4/h7-8H,5-6H2,1-4H3. The van der Waals surface area contributed by atoms with Crippen LogP contribution in [0.3, 0.4) is 0 Å². The Bertz CT molecular complexity index is 77.8. The van der Waals surface area contributed by atoms with Gasteiger partial charge in [-0.2, -0.15) is 0 Å².